The molecular formula is C21H18O5. The first-order valence-electron chi connectivity index (χ1n) is 8.27. The SMILES string of the molecule is COC(=O)C1=C(O)[C@H]2Oc3cccc(OC)c3[C@H]2C(c2ccccc2)=C1. The van der Waals surface area contributed by atoms with Crippen LogP contribution >= 0.6 is 0 Å². The molecule has 0 unspecified atom stereocenters. The second kappa shape index (κ2) is 6.26. The molecule has 2 aliphatic rings. The minimum absolute atomic E-state index is 0.111. The number of benzene rings is 2. The summed E-state index contributed by atoms with van der Waals surface area (Å²) in [6.45, 7) is 0. The van der Waals surface area contributed by atoms with Gasteiger partial charge in [0, 0.05) is 5.56 Å². The summed E-state index contributed by atoms with van der Waals surface area (Å²) in [5.41, 5.74) is 2.79. The Morgan fingerprint density at radius 1 is 1.08 bits per heavy atom. The Hall–Kier alpha value is -3.21. The molecule has 2 aromatic rings. The third-order valence-corrected chi connectivity index (χ3v) is 4.81. The molecule has 2 atom stereocenters. The highest BCUT2D eigenvalue weighted by Gasteiger charge is 2.46. The summed E-state index contributed by atoms with van der Waals surface area (Å²) >= 11 is 0. The van der Waals surface area contributed by atoms with Crippen LogP contribution in [0.4, 0.5) is 0 Å². The van der Waals surface area contributed by atoms with Crippen molar-refractivity contribution in [3.63, 3.8) is 0 Å². The molecule has 0 saturated heterocycles. The quantitative estimate of drug-likeness (QED) is 0.857. The standard InChI is InChI=1S/C21H18O5/c1-24-15-9-6-10-16-18(15)17-13(12-7-4-3-5-8-12)11-14(21(23)25-2)19(22)20(17)26-16/h3-11,17,20,22H,1-2H3/t17-,20+/m1/s1. The molecule has 1 aliphatic heterocycles. The van der Waals surface area contributed by atoms with Gasteiger partial charge < -0.3 is 19.3 Å². The van der Waals surface area contributed by atoms with Crippen LogP contribution in [-0.2, 0) is 9.53 Å². The van der Waals surface area contributed by atoms with Gasteiger partial charge in [0.15, 0.2) is 6.10 Å². The third kappa shape index (κ3) is 2.36. The summed E-state index contributed by atoms with van der Waals surface area (Å²) in [6, 6.07) is 15.3. The molecule has 0 radical (unpaired) electrons. The molecule has 0 fully saturated rings. The first kappa shape index (κ1) is 16.3. The van der Waals surface area contributed by atoms with Gasteiger partial charge >= 0.3 is 5.97 Å². The summed E-state index contributed by atoms with van der Waals surface area (Å²) in [7, 11) is 2.89. The lowest BCUT2D eigenvalue weighted by atomic mass is 9.78. The van der Waals surface area contributed by atoms with Crippen molar-refractivity contribution in [3.05, 3.63) is 77.1 Å². The fourth-order valence-corrected chi connectivity index (χ4v) is 3.64. The molecule has 2 aromatic carbocycles. The number of carbonyl (C=O) groups is 1. The maximum absolute atomic E-state index is 12.2. The lowest BCUT2D eigenvalue weighted by Crippen LogP contribution is -2.29. The van der Waals surface area contributed by atoms with Gasteiger partial charge in [0.1, 0.15) is 22.8 Å². The minimum atomic E-state index is -0.699. The van der Waals surface area contributed by atoms with Crippen LogP contribution in [0.5, 0.6) is 11.5 Å². The van der Waals surface area contributed by atoms with Gasteiger partial charge in [-0.1, -0.05) is 36.4 Å². The highest BCUT2D eigenvalue weighted by molar-refractivity contribution is 5.97. The third-order valence-electron chi connectivity index (χ3n) is 4.81. The molecular weight excluding hydrogens is 332 g/mol. The zero-order valence-corrected chi connectivity index (χ0v) is 14.4. The lowest BCUT2D eigenvalue weighted by Gasteiger charge is -2.27. The summed E-state index contributed by atoms with van der Waals surface area (Å²) in [5.74, 6) is 0.322. The van der Waals surface area contributed by atoms with Gasteiger partial charge in [0.05, 0.1) is 20.1 Å². The van der Waals surface area contributed by atoms with Crippen molar-refractivity contribution >= 4 is 11.5 Å². The van der Waals surface area contributed by atoms with Gasteiger partial charge in [-0.3, -0.25) is 0 Å². The smallest absolute Gasteiger partial charge is 0.341 e. The van der Waals surface area contributed by atoms with E-state index in [0.29, 0.717) is 11.5 Å². The van der Waals surface area contributed by atoms with Crippen LogP contribution in [0, 0.1) is 0 Å². The van der Waals surface area contributed by atoms with Gasteiger partial charge in [0.25, 0.3) is 0 Å². The number of aliphatic hydroxyl groups excluding tert-OH is 1. The number of hydrogen-bond donors (Lipinski definition) is 1. The Balaban J connectivity index is 1.95. The maximum atomic E-state index is 12.2. The number of rotatable bonds is 3. The van der Waals surface area contributed by atoms with Crippen LogP contribution in [-0.4, -0.2) is 31.4 Å². The van der Waals surface area contributed by atoms with Crippen molar-refractivity contribution in [1.29, 1.82) is 0 Å². The first-order valence-corrected chi connectivity index (χ1v) is 8.27. The number of ether oxygens (including phenoxy) is 3. The van der Waals surface area contributed by atoms with Gasteiger partial charge in [-0.2, -0.15) is 0 Å². The molecule has 132 valence electrons. The maximum Gasteiger partial charge on any atom is 0.341 e. The molecule has 0 spiro atoms. The Morgan fingerprint density at radius 3 is 2.54 bits per heavy atom. The van der Waals surface area contributed by atoms with Crippen LogP contribution < -0.4 is 9.47 Å². The summed E-state index contributed by atoms with van der Waals surface area (Å²) in [5, 5.41) is 10.7. The first-order chi connectivity index (χ1) is 12.7. The molecule has 4 rings (SSSR count). The topological polar surface area (TPSA) is 65.0 Å². The van der Waals surface area contributed by atoms with Gasteiger partial charge in [-0.15, -0.1) is 0 Å². The highest BCUT2D eigenvalue weighted by Crippen LogP contribution is 2.53. The molecule has 0 saturated carbocycles. The van der Waals surface area contributed by atoms with Crippen LogP contribution in [0.15, 0.2) is 65.9 Å². The van der Waals surface area contributed by atoms with E-state index in [0.717, 1.165) is 16.7 Å². The van der Waals surface area contributed by atoms with E-state index in [-0.39, 0.29) is 17.3 Å². The van der Waals surface area contributed by atoms with E-state index in [1.807, 2.05) is 48.5 Å². The lowest BCUT2D eigenvalue weighted by molar-refractivity contribution is -0.136. The Labute approximate surface area is 151 Å². The van der Waals surface area contributed by atoms with Crippen LogP contribution in [0.3, 0.4) is 0 Å². The predicted octanol–water partition coefficient (Wildman–Crippen LogP) is 3.62. The normalized spacial score (nSPS) is 20.6. The van der Waals surface area contributed by atoms with Crippen molar-refractivity contribution in [2.75, 3.05) is 14.2 Å². The van der Waals surface area contributed by atoms with Crippen LogP contribution in [0.2, 0.25) is 0 Å². The van der Waals surface area contributed by atoms with Crippen molar-refractivity contribution in [2.24, 2.45) is 0 Å². The van der Waals surface area contributed by atoms with Crippen LogP contribution in [0.1, 0.15) is 17.0 Å². The number of fused-ring (bicyclic) bond motifs is 3. The van der Waals surface area contributed by atoms with Gasteiger partial charge in [0.2, 0.25) is 0 Å². The second-order valence-corrected chi connectivity index (χ2v) is 6.14. The fraction of sp³-hybridized carbons (Fsp3) is 0.190. The largest absolute Gasteiger partial charge is 0.507 e. The van der Waals surface area contributed by atoms with Gasteiger partial charge in [-0.05, 0) is 29.3 Å². The van der Waals surface area contributed by atoms with E-state index in [4.69, 9.17) is 14.2 Å². The van der Waals surface area contributed by atoms with E-state index in [9.17, 15) is 9.90 Å². The number of methoxy groups -OCH3 is 2. The zero-order chi connectivity index (χ0) is 18.3. The van der Waals surface area contributed by atoms with E-state index >= 15 is 0 Å². The van der Waals surface area contributed by atoms with Crippen molar-refractivity contribution < 1.29 is 24.1 Å². The Kier molecular flexibility index (Phi) is 3.92. The second-order valence-electron chi connectivity index (χ2n) is 6.14. The van der Waals surface area contributed by atoms with Crippen molar-refractivity contribution in [3.8, 4) is 11.5 Å². The van der Waals surface area contributed by atoms with E-state index in [1.165, 1.54) is 7.11 Å². The molecule has 1 heterocycles. The Bertz CT molecular complexity index is 927. The molecule has 26 heavy (non-hydrogen) atoms. The summed E-state index contributed by atoms with van der Waals surface area (Å²) in [4.78, 5) is 12.2. The number of carbonyl (C=O) groups excluding carboxylic acids is 1. The van der Waals surface area contributed by atoms with E-state index in [2.05, 4.69) is 0 Å². The molecule has 5 nitrogen and oxygen atoms in total. The summed E-state index contributed by atoms with van der Waals surface area (Å²) in [6.07, 6.45) is 0.985. The number of esters is 1. The average molecular weight is 350 g/mol. The monoisotopic (exact) mass is 350 g/mol. The number of hydrogen-bond acceptors (Lipinski definition) is 5. The van der Waals surface area contributed by atoms with Crippen molar-refractivity contribution in [2.45, 2.75) is 12.0 Å². The van der Waals surface area contributed by atoms with E-state index < -0.39 is 12.1 Å². The average Bonchev–Trinajstić information content (AvgIpc) is 3.09. The minimum Gasteiger partial charge on any atom is -0.507 e. The van der Waals surface area contributed by atoms with E-state index in [1.54, 1.807) is 13.2 Å². The fourth-order valence-electron chi connectivity index (χ4n) is 3.64. The highest BCUT2D eigenvalue weighted by atomic mass is 16.5. The molecule has 0 aromatic heterocycles. The molecule has 1 N–H and O–H groups in total. The zero-order valence-electron chi connectivity index (χ0n) is 14.4. The number of aliphatic hydroxyl groups is 1. The van der Waals surface area contributed by atoms with Gasteiger partial charge in [-0.25, -0.2) is 4.79 Å². The predicted molar refractivity (Wildman–Crippen MR) is 96.2 cm³/mol. The Morgan fingerprint density at radius 2 is 1.85 bits per heavy atom. The molecule has 5 heteroatoms. The summed E-state index contributed by atoms with van der Waals surface area (Å²) < 4.78 is 16.4. The molecule has 0 amide bonds. The van der Waals surface area contributed by atoms with Crippen LogP contribution in [0.25, 0.3) is 5.57 Å². The molecule has 1 aliphatic carbocycles. The molecule has 0 bridgehead atoms. The van der Waals surface area contributed by atoms with Crippen molar-refractivity contribution in [1.82, 2.24) is 0 Å².